The maximum atomic E-state index is 5.90. The van der Waals surface area contributed by atoms with Crippen molar-refractivity contribution in [2.24, 2.45) is 10.4 Å². The zero-order chi connectivity index (χ0) is 20.1. The van der Waals surface area contributed by atoms with E-state index in [4.69, 9.17) is 9.47 Å². The number of pyridine rings is 1. The zero-order valence-corrected chi connectivity index (χ0v) is 20.1. The number of aliphatic imine (C=N–C) groups is 1. The number of aromatic nitrogens is 1. The molecular formula is C23H31IN4O2. The highest BCUT2D eigenvalue weighted by Crippen LogP contribution is 2.47. The number of likely N-dealkylation sites (tertiary alicyclic amines) is 1. The van der Waals surface area contributed by atoms with Crippen LogP contribution in [0.2, 0.25) is 0 Å². The van der Waals surface area contributed by atoms with Crippen molar-refractivity contribution in [3.63, 3.8) is 0 Å². The van der Waals surface area contributed by atoms with Gasteiger partial charge >= 0.3 is 0 Å². The topological polar surface area (TPSA) is 59.0 Å². The molecule has 1 aromatic carbocycles. The van der Waals surface area contributed by atoms with Gasteiger partial charge in [0, 0.05) is 38.9 Å². The summed E-state index contributed by atoms with van der Waals surface area (Å²) in [5, 5.41) is 3.48. The van der Waals surface area contributed by atoms with Gasteiger partial charge in [-0.1, -0.05) is 24.6 Å². The van der Waals surface area contributed by atoms with Crippen molar-refractivity contribution in [2.75, 3.05) is 26.7 Å². The maximum absolute atomic E-state index is 5.90. The Morgan fingerprint density at radius 1 is 1.17 bits per heavy atom. The van der Waals surface area contributed by atoms with E-state index in [-0.39, 0.29) is 24.0 Å². The van der Waals surface area contributed by atoms with Crippen molar-refractivity contribution in [2.45, 2.75) is 39.2 Å². The molecule has 1 aliphatic heterocycles. The Kier molecular flexibility index (Phi) is 7.80. The second kappa shape index (κ2) is 10.3. The minimum atomic E-state index is 0. The van der Waals surface area contributed by atoms with E-state index in [0.29, 0.717) is 30.2 Å². The normalized spacial score (nSPS) is 17.3. The van der Waals surface area contributed by atoms with Crippen LogP contribution in [0.5, 0.6) is 17.4 Å². The minimum Gasteiger partial charge on any atom is -0.490 e. The number of guanidine groups is 1. The fourth-order valence-electron chi connectivity index (χ4n) is 4.21. The van der Waals surface area contributed by atoms with E-state index in [1.54, 1.807) is 0 Å². The van der Waals surface area contributed by atoms with Gasteiger partial charge in [-0.3, -0.25) is 4.99 Å². The molecule has 4 rings (SSSR count). The van der Waals surface area contributed by atoms with Gasteiger partial charge in [0.05, 0.1) is 6.61 Å². The van der Waals surface area contributed by atoms with Crippen LogP contribution in [0, 0.1) is 5.41 Å². The van der Waals surface area contributed by atoms with Crippen molar-refractivity contribution in [1.82, 2.24) is 15.2 Å². The van der Waals surface area contributed by atoms with Gasteiger partial charge < -0.3 is 19.7 Å². The summed E-state index contributed by atoms with van der Waals surface area (Å²) in [7, 11) is 1.86. The molecule has 2 aromatic rings. The molecule has 1 aliphatic carbocycles. The predicted octanol–water partition coefficient (Wildman–Crippen LogP) is 4.84. The molecule has 2 aliphatic rings. The first-order chi connectivity index (χ1) is 14.2. The van der Waals surface area contributed by atoms with Crippen LogP contribution in [-0.2, 0) is 6.54 Å². The minimum absolute atomic E-state index is 0. The van der Waals surface area contributed by atoms with Crippen molar-refractivity contribution in [1.29, 1.82) is 0 Å². The number of hydrogen-bond acceptors (Lipinski definition) is 4. The number of benzene rings is 1. The van der Waals surface area contributed by atoms with Crippen LogP contribution >= 0.6 is 24.0 Å². The van der Waals surface area contributed by atoms with Gasteiger partial charge in [0.2, 0.25) is 5.88 Å². The van der Waals surface area contributed by atoms with E-state index in [9.17, 15) is 0 Å². The van der Waals surface area contributed by atoms with E-state index in [2.05, 4.69) is 20.2 Å². The van der Waals surface area contributed by atoms with Gasteiger partial charge in [-0.25, -0.2) is 4.98 Å². The molecule has 2 fully saturated rings. The fraction of sp³-hybridized carbons (Fsp3) is 0.478. The van der Waals surface area contributed by atoms with Crippen LogP contribution < -0.4 is 14.8 Å². The lowest BCUT2D eigenvalue weighted by atomic mass is 9.68. The first kappa shape index (κ1) is 22.7. The third-order valence-electron chi connectivity index (χ3n) is 5.98. The average Bonchev–Trinajstić information content (AvgIpc) is 3.18. The van der Waals surface area contributed by atoms with Gasteiger partial charge in [0.15, 0.2) is 17.5 Å². The van der Waals surface area contributed by atoms with Gasteiger partial charge in [-0.2, -0.15) is 0 Å². The smallest absolute Gasteiger partial charge is 0.219 e. The summed E-state index contributed by atoms with van der Waals surface area (Å²) in [6, 6.07) is 11.6. The Morgan fingerprint density at radius 3 is 2.57 bits per heavy atom. The van der Waals surface area contributed by atoms with Crippen LogP contribution in [0.1, 0.15) is 38.2 Å². The number of rotatable bonds is 6. The summed E-state index contributed by atoms with van der Waals surface area (Å²) in [6.45, 7) is 5.48. The summed E-state index contributed by atoms with van der Waals surface area (Å²) in [6.07, 6.45) is 7.27. The van der Waals surface area contributed by atoms with Crippen LogP contribution in [0.25, 0.3) is 0 Å². The first-order valence-corrected chi connectivity index (χ1v) is 10.5. The van der Waals surface area contributed by atoms with Gasteiger partial charge in [0.25, 0.3) is 0 Å². The predicted molar refractivity (Wildman–Crippen MR) is 130 cm³/mol. The van der Waals surface area contributed by atoms with Crippen LogP contribution in [0.4, 0.5) is 0 Å². The van der Waals surface area contributed by atoms with E-state index >= 15 is 0 Å². The lowest BCUT2D eigenvalue weighted by Crippen LogP contribution is -2.42. The van der Waals surface area contributed by atoms with Crippen LogP contribution in [0.3, 0.4) is 0 Å². The van der Waals surface area contributed by atoms with E-state index < -0.39 is 0 Å². The summed E-state index contributed by atoms with van der Waals surface area (Å²) < 4.78 is 11.5. The molecule has 1 aromatic heterocycles. The molecule has 1 N–H and O–H groups in total. The SMILES string of the molecule is CCOc1ccccc1Oc1ccc(CNC(=NC)N2CCC3(CCC3)C2)cn1.I. The monoisotopic (exact) mass is 522 g/mol. The molecule has 1 saturated carbocycles. The Hall–Kier alpha value is -2.03. The lowest BCUT2D eigenvalue weighted by Gasteiger charge is -2.38. The quantitative estimate of drug-likeness (QED) is 0.334. The number of ether oxygens (including phenoxy) is 2. The summed E-state index contributed by atoms with van der Waals surface area (Å²) in [5.74, 6) is 2.93. The van der Waals surface area contributed by atoms with Crippen molar-refractivity contribution in [3.05, 3.63) is 48.2 Å². The average molecular weight is 522 g/mol. The third-order valence-corrected chi connectivity index (χ3v) is 5.98. The standard InChI is InChI=1S/C23H30N4O2.HI/c1-3-28-19-7-4-5-8-20(19)29-21-10-9-18(15-25-21)16-26-22(24-2)27-14-13-23(17-27)11-6-12-23;/h4-5,7-10,15H,3,6,11-14,16-17H2,1-2H3,(H,24,26);1H. The number of nitrogens with zero attached hydrogens (tertiary/aromatic N) is 3. The molecule has 2 heterocycles. The number of hydrogen-bond donors (Lipinski definition) is 1. The van der Waals surface area contributed by atoms with E-state index in [1.165, 1.54) is 25.7 Å². The summed E-state index contributed by atoms with van der Waals surface area (Å²) in [4.78, 5) is 11.3. The first-order valence-electron chi connectivity index (χ1n) is 10.5. The highest BCUT2D eigenvalue weighted by molar-refractivity contribution is 14.0. The molecule has 162 valence electrons. The van der Waals surface area contributed by atoms with Crippen LogP contribution in [-0.4, -0.2) is 42.6 Å². The summed E-state index contributed by atoms with van der Waals surface area (Å²) in [5.41, 5.74) is 1.66. The number of para-hydroxylation sites is 2. The van der Waals surface area contributed by atoms with Crippen molar-refractivity contribution < 1.29 is 9.47 Å². The Labute approximate surface area is 196 Å². The van der Waals surface area contributed by atoms with Crippen molar-refractivity contribution in [3.8, 4) is 17.4 Å². The molecule has 30 heavy (non-hydrogen) atoms. The molecule has 0 atom stereocenters. The van der Waals surface area contributed by atoms with Gasteiger partial charge in [0.1, 0.15) is 0 Å². The molecule has 1 saturated heterocycles. The fourth-order valence-corrected chi connectivity index (χ4v) is 4.21. The number of halogens is 1. The Morgan fingerprint density at radius 2 is 1.97 bits per heavy atom. The summed E-state index contributed by atoms with van der Waals surface area (Å²) >= 11 is 0. The molecule has 0 unspecified atom stereocenters. The maximum Gasteiger partial charge on any atom is 0.219 e. The zero-order valence-electron chi connectivity index (χ0n) is 17.8. The number of nitrogens with one attached hydrogen (secondary N) is 1. The molecule has 0 amide bonds. The largest absolute Gasteiger partial charge is 0.490 e. The molecular weight excluding hydrogens is 491 g/mol. The van der Waals surface area contributed by atoms with E-state index in [1.807, 2.05) is 56.6 Å². The highest BCUT2D eigenvalue weighted by Gasteiger charge is 2.43. The van der Waals surface area contributed by atoms with E-state index in [0.717, 1.165) is 30.4 Å². The third kappa shape index (κ3) is 5.17. The molecule has 6 nitrogen and oxygen atoms in total. The van der Waals surface area contributed by atoms with Crippen LogP contribution in [0.15, 0.2) is 47.6 Å². The van der Waals surface area contributed by atoms with Gasteiger partial charge in [-0.05, 0) is 49.3 Å². The molecule has 0 bridgehead atoms. The second-order valence-corrected chi connectivity index (χ2v) is 7.91. The molecule has 0 radical (unpaired) electrons. The highest BCUT2D eigenvalue weighted by atomic mass is 127. The van der Waals surface area contributed by atoms with Crippen molar-refractivity contribution >= 4 is 29.9 Å². The molecule has 1 spiro atoms. The second-order valence-electron chi connectivity index (χ2n) is 7.91. The Balaban J connectivity index is 0.00000256. The van der Waals surface area contributed by atoms with Gasteiger partial charge in [-0.15, -0.1) is 24.0 Å². The molecule has 7 heteroatoms. The Bertz CT molecular complexity index is 853. The lowest BCUT2D eigenvalue weighted by molar-refractivity contribution is 0.151.